The molecular weight excluding hydrogens is 532 g/mol. The standard InChI is InChI=1S/C33H36N4O5/c1-21-33(42-22(2)34-21)29-12-8-24-18-25(9-11-28(24)35-29)32-27(23-6-4-3-5-7-23)19-26(10-13-31(39)40)37(32)20-30(38)36-14-16-41-17-15-36/h8-13,18-19,23H,3-7,14-17,20H2,1-2H3,(H,39,40)/b13-10+. The summed E-state index contributed by atoms with van der Waals surface area (Å²) in [7, 11) is 0. The smallest absolute Gasteiger partial charge is 0.328 e. The molecule has 4 heterocycles. The third-order valence-electron chi connectivity index (χ3n) is 8.36. The Hall–Kier alpha value is -4.24. The number of rotatable bonds is 7. The van der Waals surface area contributed by atoms with Crippen molar-refractivity contribution in [2.24, 2.45) is 0 Å². The first-order valence-electron chi connectivity index (χ1n) is 14.7. The summed E-state index contributed by atoms with van der Waals surface area (Å²) in [5.41, 5.74) is 6.22. The predicted molar refractivity (Wildman–Crippen MR) is 160 cm³/mol. The van der Waals surface area contributed by atoms with Crippen LogP contribution in [0.1, 0.15) is 60.9 Å². The molecule has 1 amide bonds. The Balaban J connectivity index is 1.46. The zero-order valence-corrected chi connectivity index (χ0v) is 24.1. The molecule has 9 heteroatoms. The van der Waals surface area contributed by atoms with Crippen LogP contribution in [0.4, 0.5) is 0 Å². The van der Waals surface area contributed by atoms with Gasteiger partial charge in [-0.25, -0.2) is 14.8 Å². The fourth-order valence-electron chi connectivity index (χ4n) is 6.32. The number of amides is 1. The van der Waals surface area contributed by atoms with E-state index in [1.54, 1.807) is 6.08 Å². The van der Waals surface area contributed by atoms with Gasteiger partial charge in [0.25, 0.3) is 0 Å². The highest BCUT2D eigenvalue weighted by atomic mass is 16.5. The van der Waals surface area contributed by atoms with Gasteiger partial charge in [-0.1, -0.05) is 31.4 Å². The van der Waals surface area contributed by atoms with Gasteiger partial charge in [0.1, 0.15) is 12.2 Å². The molecule has 4 aromatic rings. The Kier molecular flexibility index (Phi) is 7.93. The highest BCUT2D eigenvalue weighted by molar-refractivity contribution is 5.89. The number of morpholine rings is 1. The summed E-state index contributed by atoms with van der Waals surface area (Å²) in [6.45, 7) is 6.02. The SMILES string of the molecule is Cc1nc(C)c(-c2ccc3cc(-c4c(C5CCCCC5)cc(/C=C/C(=O)O)n4CC(=O)N4CCOCC4)ccc3n2)o1. The number of carbonyl (C=O) groups excluding carboxylic acids is 1. The molecule has 3 aromatic heterocycles. The predicted octanol–water partition coefficient (Wildman–Crippen LogP) is 5.98. The number of hydrogen-bond acceptors (Lipinski definition) is 6. The fourth-order valence-corrected chi connectivity index (χ4v) is 6.32. The van der Waals surface area contributed by atoms with Crippen molar-refractivity contribution in [3.8, 4) is 22.7 Å². The van der Waals surface area contributed by atoms with Crippen LogP contribution in [0.15, 0.2) is 46.9 Å². The van der Waals surface area contributed by atoms with Crippen molar-refractivity contribution in [3.05, 3.63) is 65.3 Å². The lowest BCUT2D eigenvalue weighted by Crippen LogP contribution is -2.42. The van der Waals surface area contributed by atoms with Crippen LogP contribution in [-0.2, 0) is 20.9 Å². The minimum atomic E-state index is -1.02. The number of carboxylic acid groups (broad SMARTS) is 1. The van der Waals surface area contributed by atoms with Crippen molar-refractivity contribution >= 4 is 28.9 Å². The molecule has 1 aliphatic heterocycles. The van der Waals surface area contributed by atoms with Gasteiger partial charge in [-0.2, -0.15) is 0 Å². The zero-order valence-electron chi connectivity index (χ0n) is 24.1. The highest BCUT2D eigenvalue weighted by Crippen LogP contribution is 2.41. The molecule has 2 fully saturated rings. The number of fused-ring (bicyclic) bond motifs is 1. The monoisotopic (exact) mass is 568 g/mol. The normalized spacial score (nSPS) is 16.5. The van der Waals surface area contributed by atoms with E-state index in [2.05, 4.69) is 23.2 Å². The number of hydrogen-bond donors (Lipinski definition) is 1. The van der Waals surface area contributed by atoms with Gasteiger partial charge in [0.05, 0.1) is 30.1 Å². The Labute approximate surface area is 244 Å². The van der Waals surface area contributed by atoms with Crippen molar-refractivity contribution < 1.29 is 23.8 Å². The maximum Gasteiger partial charge on any atom is 0.328 e. The summed E-state index contributed by atoms with van der Waals surface area (Å²) < 4.78 is 13.3. The Morgan fingerprint density at radius 1 is 1.02 bits per heavy atom. The zero-order chi connectivity index (χ0) is 29.2. The summed E-state index contributed by atoms with van der Waals surface area (Å²) in [4.78, 5) is 36.1. The van der Waals surface area contributed by atoms with E-state index in [-0.39, 0.29) is 12.5 Å². The number of carboxylic acids is 1. The lowest BCUT2D eigenvalue weighted by Gasteiger charge is -2.28. The van der Waals surface area contributed by atoms with Gasteiger partial charge in [0.15, 0.2) is 11.7 Å². The summed E-state index contributed by atoms with van der Waals surface area (Å²) in [6.07, 6.45) is 8.46. The van der Waals surface area contributed by atoms with E-state index in [0.29, 0.717) is 43.9 Å². The molecular formula is C33H36N4O5. The molecule has 9 nitrogen and oxygen atoms in total. The van der Waals surface area contributed by atoms with Gasteiger partial charge < -0.3 is 23.7 Å². The van der Waals surface area contributed by atoms with Gasteiger partial charge >= 0.3 is 5.97 Å². The van der Waals surface area contributed by atoms with Crippen LogP contribution in [0.5, 0.6) is 0 Å². The van der Waals surface area contributed by atoms with Crippen LogP contribution in [0.2, 0.25) is 0 Å². The van der Waals surface area contributed by atoms with Crippen molar-refractivity contribution in [2.75, 3.05) is 26.3 Å². The summed E-state index contributed by atoms with van der Waals surface area (Å²) >= 11 is 0. The third-order valence-corrected chi connectivity index (χ3v) is 8.36. The Morgan fingerprint density at radius 3 is 2.52 bits per heavy atom. The molecule has 42 heavy (non-hydrogen) atoms. The van der Waals surface area contributed by atoms with Crippen molar-refractivity contribution in [1.29, 1.82) is 0 Å². The van der Waals surface area contributed by atoms with E-state index >= 15 is 0 Å². The molecule has 1 saturated carbocycles. The van der Waals surface area contributed by atoms with Gasteiger partial charge in [-0.15, -0.1) is 0 Å². The van der Waals surface area contributed by atoms with E-state index in [9.17, 15) is 14.7 Å². The van der Waals surface area contributed by atoms with Crippen LogP contribution < -0.4 is 0 Å². The van der Waals surface area contributed by atoms with E-state index in [0.717, 1.165) is 71.0 Å². The van der Waals surface area contributed by atoms with E-state index in [1.165, 1.54) is 12.0 Å². The number of aryl methyl sites for hydroxylation is 2. The van der Waals surface area contributed by atoms with Gasteiger partial charge in [0.2, 0.25) is 5.91 Å². The Morgan fingerprint density at radius 2 is 1.81 bits per heavy atom. The molecule has 1 saturated heterocycles. The van der Waals surface area contributed by atoms with Gasteiger partial charge in [-0.05, 0) is 67.2 Å². The molecule has 1 N–H and O–H groups in total. The Bertz CT molecular complexity index is 1650. The molecule has 0 atom stereocenters. The van der Waals surface area contributed by atoms with Crippen molar-refractivity contribution in [2.45, 2.75) is 58.4 Å². The van der Waals surface area contributed by atoms with Crippen LogP contribution in [0.3, 0.4) is 0 Å². The number of carbonyl (C=O) groups is 2. The second-order valence-electron chi connectivity index (χ2n) is 11.2. The number of ether oxygens (including phenoxy) is 1. The summed E-state index contributed by atoms with van der Waals surface area (Å²) in [5.74, 6) is 0.603. The summed E-state index contributed by atoms with van der Waals surface area (Å²) in [6, 6.07) is 12.3. The lowest BCUT2D eigenvalue weighted by atomic mass is 9.83. The van der Waals surface area contributed by atoms with E-state index in [4.69, 9.17) is 14.1 Å². The lowest BCUT2D eigenvalue weighted by molar-refractivity contribution is -0.136. The molecule has 0 radical (unpaired) electrons. The first-order valence-corrected chi connectivity index (χ1v) is 14.7. The van der Waals surface area contributed by atoms with Crippen molar-refractivity contribution in [3.63, 3.8) is 0 Å². The number of oxazole rings is 1. The number of benzene rings is 1. The van der Waals surface area contributed by atoms with Crippen LogP contribution in [0, 0.1) is 13.8 Å². The summed E-state index contributed by atoms with van der Waals surface area (Å²) in [5, 5.41) is 10.4. The van der Waals surface area contributed by atoms with Gasteiger partial charge in [0, 0.05) is 37.2 Å². The number of aromatic nitrogens is 3. The maximum atomic E-state index is 13.5. The molecule has 2 aliphatic rings. The number of pyridine rings is 1. The van der Waals surface area contributed by atoms with E-state index in [1.807, 2.05) is 41.5 Å². The maximum absolute atomic E-state index is 13.5. The van der Waals surface area contributed by atoms with Crippen LogP contribution in [-0.4, -0.2) is 62.7 Å². The molecule has 0 spiro atoms. The highest BCUT2D eigenvalue weighted by Gasteiger charge is 2.27. The average Bonchev–Trinajstić information content (AvgIpc) is 3.54. The number of aliphatic carboxylic acids is 1. The second kappa shape index (κ2) is 11.9. The number of nitrogens with zero attached hydrogens (tertiary/aromatic N) is 4. The second-order valence-corrected chi connectivity index (χ2v) is 11.2. The van der Waals surface area contributed by atoms with Crippen LogP contribution in [0.25, 0.3) is 39.7 Å². The first kappa shape index (κ1) is 27.9. The first-order chi connectivity index (χ1) is 20.4. The fraction of sp³-hybridized carbons (Fsp3) is 0.394. The molecule has 6 rings (SSSR count). The topological polar surface area (TPSA) is 111 Å². The van der Waals surface area contributed by atoms with E-state index < -0.39 is 5.97 Å². The largest absolute Gasteiger partial charge is 0.478 e. The molecule has 1 aliphatic carbocycles. The van der Waals surface area contributed by atoms with Crippen molar-refractivity contribution in [1.82, 2.24) is 19.4 Å². The van der Waals surface area contributed by atoms with Gasteiger partial charge in [-0.3, -0.25) is 4.79 Å². The molecule has 0 unspecified atom stereocenters. The molecule has 0 bridgehead atoms. The molecule has 1 aromatic carbocycles. The minimum Gasteiger partial charge on any atom is -0.478 e. The average molecular weight is 569 g/mol. The molecule has 218 valence electrons. The van der Waals surface area contributed by atoms with Crippen LogP contribution >= 0.6 is 0 Å². The minimum absolute atomic E-state index is 0.000127. The third kappa shape index (κ3) is 5.74. The quantitative estimate of drug-likeness (QED) is 0.273.